The lowest BCUT2D eigenvalue weighted by Gasteiger charge is -2.27. The minimum Gasteiger partial charge on any atom is -0.503 e. The van der Waals surface area contributed by atoms with Gasteiger partial charge in [-0.25, -0.2) is 4.98 Å². The number of hydrogen-bond acceptors (Lipinski definition) is 8. The van der Waals surface area contributed by atoms with Gasteiger partial charge in [-0.3, -0.25) is 14.5 Å². The summed E-state index contributed by atoms with van der Waals surface area (Å²) in [5, 5.41) is 13.7. The lowest BCUT2D eigenvalue weighted by molar-refractivity contribution is -0.117. The summed E-state index contributed by atoms with van der Waals surface area (Å²) in [5.41, 5.74) is 2.83. The molecule has 7 nitrogen and oxygen atoms in total. The van der Waals surface area contributed by atoms with Gasteiger partial charge < -0.3 is 14.6 Å². The minimum atomic E-state index is -0.821. The van der Waals surface area contributed by atoms with Crippen molar-refractivity contribution in [2.24, 2.45) is 0 Å². The standard InChI is InChI=1S/C28H24N2O5S2/c1-15-10-11-36-25(15)22-21(23(31)26-16(2)29-27(37-26)17-8-6-5-7-9-17)24(32)28(33)30(22)18-12-19(34-3)14-20(13-18)35-4/h5-14,22,32H,1-4H3. The molecule has 2 aromatic carbocycles. The third-order valence-corrected chi connectivity index (χ3v) is 8.52. The SMILES string of the molecule is COc1cc(OC)cc(N2C(=O)C(O)=C(C(=O)c3sc(-c4ccccc4)nc3C)C2c2sccc2C)c1. The van der Waals surface area contributed by atoms with Gasteiger partial charge in [0.25, 0.3) is 5.91 Å². The number of aliphatic hydroxyl groups is 1. The Morgan fingerprint density at radius 2 is 1.70 bits per heavy atom. The highest BCUT2D eigenvalue weighted by atomic mass is 32.1. The summed E-state index contributed by atoms with van der Waals surface area (Å²) >= 11 is 2.68. The Hall–Kier alpha value is -3.95. The number of thiazole rings is 1. The fourth-order valence-corrected chi connectivity index (χ4v) is 6.43. The number of Topliss-reactive ketones (excluding diaryl/α,β-unsaturated/α-hetero) is 1. The van der Waals surface area contributed by atoms with Crippen LogP contribution in [0.25, 0.3) is 10.6 Å². The molecule has 1 atom stereocenters. The summed E-state index contributed by atoms with van der Waals surface area (Å²) in [4.78, 5) is 34.8. The van der Waals surface area contributed by atoms with E-state index in [0.29, 0.717) is 32.8 Å². The molecule has 0 fully saturated rings. The van der Waals surface area contributed by atoms with Gasteiger partial charge in [0.15, 0.2) is 5.76 Å². The molecule has 1 aliphatic rings. The number of aliphatic hydroxyl groups excluding tert-OH is 1. The predicted molar refractivity (Wildman–Crippen MR) is 145 cm³/mol. The Labute approximate surface area is 222 Å². The van der Waals surface area contributed by atoms with E-state index in [2.05, 4.69) is 4.98 Å². The van der Waals surface area contributed by atoms with E-state index in [1.807, 2.05) is 48.7 Å². The molecule has 0 radical (unpaired) electrons. The normalized spacial score (nSPS) is 15.4. The molecule has 0 aliphatic carbocycles. The first-order valence-electron chi connectivity index (χ1n) is 11.4. The largest absolute Gasteiger partial charge is 0.503 e. The zero-order valence-corrected chi connectivity index (χ0v) is 22.3. The van der Waals surface area contributed by atoms with Crippen molar-refractivity contribution >= 4 is 40.1 Å². The van der Waals surface area contributed by atoms with Gasteiger partial charge in [0.05, 0.1) is 36.1 Å². The molecule has 188 valence electrons. The second kappa shape index (κ2) is 9.84. The number of ketones is 1. The van der Waals surface area contributed by atoms with Crippen LogP contribution in [0.1, 0.15) is 31.8 Å². The molecule has 0 bridgehead atoms. The molecule has 1 amide bonds. The maximum absolute atomic E-state index is 14.0. The number of carbonyl (C=O) groups is 2. The summed E-state index contributed by atoms with van der Waals surface area (Å²) in [5.74, 6) is -0.693. The molecule has 3 heterocycles. The summed E-state index contributed by atoms with van der Waals surface area (Å²) in [7, 11) is 3.04. The van der Waals surface area contributed by atoms with E-state index in [1.54, 1.807) is 25.1 Å². The van der Waals surface area contributed by atoms with Crippen LogP contribution in [0.3, 0.4) is 0 Å². The third kappa shape index (κ3) is 4.30. The van der Waals surface area contributed by atoms with Crippen molar-refractivity contribution in [1.29, 1.82) is 0 Å². The summed E-state index contributed by atoms with van der Waals surface area (Å²) in [6.07, 6.45) is 0. The second-order valence-electron chi connectivity index (χ2n) is 8.51. The highest BCUT2D eigenvalue weighted by Gasteiger charge is 2.46. The van der Waals surface area contributed by atoms with Gasteiger partial charge in [-0.2, -0.15) is 0 Å². The van der Waals surface area contributed by atoms with Crippen molar-refractivity contribution in [1.82, 2.24) is 4.98 Å². The van der Waals surface area contributed by atoms with Crippen molar-refractivity contribution in [3.8, 4) is 22.1 Å². The van der Waals surface area contributed by atoms with Gasteiger partial charge >= 0.3 is 0 Å². The van der Waals surface area contributed by atoms with Crippen LogP contribution in [0.4, 0.5) is 5.69 Å². The molecule has 9 heteroatoms. The predicted octanol–water partition coefficient (Wildman–Crippen LogP) is 6.29. The lowest BCUT2D eigenvalue weighted by Crippen LogP contribution is -2.31. The lowest BCUT2D eigenvalue weighted by atomic mass is 9.98. The van der Waals surface area contributed by atoms with Gasteiger partial charge in [0.1, 0.15) is 22.5 Å². The first-order chi connectivity index (χ1) is 17.8. The van der Waals surface area contributed by atoms with Gasteiger partial charge in [-0.05, 0) is 30.9 Å². The Morgan fingerprint density at radius 3 is 2.30 bits per heavy atom. The van der Waals surface area contributed by atoms with Crippen LogP contribution in [0, 0.1) is 13.8 Å². The molecular formula is C28H24N2O5S2. The fraction of sp³-hybridized carbons (Fsp3) is 0.179. The van der Waals surface area contributed by atoms with E-state index in [0.717, 1.165) is 16.0 Å². The molecule has 4 aromatic rings. The second-order valence-corrected chi connectivity index (χ2v) is 10.5. The smallest absolute Gasteiger partial charge is 0.294 e. The van der Waals surface area contributed by atoms with E-state index in [9.17, 15) is 14.7 Å². The average molecular weight is 533 g/mol. The van der Waals surface area contributed by atoms with Crippen LogP contribution in [-0.2, 0) is 4.79 Å². The Morgan fingerprint density at radius 1 is 1.03 bits per heavy atom. The number of anilines is 1. The first kappa shape index (κ1) is 24.7. The molecule has 0 spiro atoms. The van der Waals surface area contributed by atoms with Crippen molar-refractivity contribution < 1.29 is 24.2 Å². The molecule has 37 heavy (non-hydrogen) atoms. The highest BCUT2D eigenvalue weighted by molar-refractivity contribution is 7.17. The monoisotopic (exact) mass is 532 g/mol. The number of thiophene rings is 1. The van der Waals surface area contributed by atoms with Crippen molar-refractivity contribution in [2.75, 3.05) is 19.1 Å². The average Bonchev–Trinajstić information content (AvgIpc) is 3.59. The van der Waals surface area contributed by atoms with Crippen LogP contribution >= 0.6 is 22.7 Å². The summed E-state index contributed by atoms with van der Waals surface area (Å²) in [6.45, 7) is 3.68. The zero-order valence-electron chi connectivity index (χ0n) is 20.6. The van der Waals surface area contributed by atoms with Crippen molar-refractivity contribution in [2.45, 2.75) is 19.9 Å². The number of methoxy groups -OCH3 is 2. The molecule has 2 aromatic heterocycles. The van der Waals surface area contributed by atoms with E-state index in [4.69, 9.17) is 9.47 Å². The molecule has 1 N–H and O–H groups in total. The first-order valence-corrected chi connectivity index (χ1v) is 13.1. The number of rotatable bonds is 7. The maximum Gasteiger partial charge on any atom is 0.294 e. The van der Waals surface area contributed by atoms with E-state index in [-0.39, 0.29) is 5.57 Å². The van der Waals surface area contributed by atoms with Crippen LogP contribution in [-0.4, -0.2) is 36.0 Å². The third-order valence-electron chi connectivity index (χ3n) is 6.24. The van der Waals surface area contributed by atoms with Crippen LogP contribution in [0.2, 0.25) is 0 Å². The van der Waals surface area contributed by atoms with Crippen LogP contribution in [0.5, 0.6) is 11.5 Å². The molecule has 0 saturated carbocycles. The van der Waals surface area contributed by atoms with Crippen molar-refractivity contribution in [3.05, 3.63) is 92.3 Å². The van der Waals surface area contributed by atoms with Gasteiger partial charge in [-0.1, -0.05) is 30.3 Å². The number of ether oxygens (including phenoxy) is 2. The quantitative estimate of drug-likeness (QED) is 0.282. The Bertz CT molecular complexity index is 1510. The van der Waals surface area contributed by atoms with E-state index >= 15 is 0 Å². The van der Waals surface area contributed by atoms with Crippen LogP contribution in [0.15, 0.2) is 71.3 Å². The van der Waals surface area contributed by atoms with E-state index < -0.39 is 23.5 Å². The van der Waals surface area contributed by atoms with E-state index in [1.165, 1.54) is 41.8 Å². The van der Waals surface area contributed by atoms with Crippen molar-refractivity contribution in [3.63, 3.8) is 0 Å². The number of hydrogen-bond donors (Lipinski definition) is 1. The Kier molecular flexibility index (Phi) is 6.57. The molecule has 0 saturated heterocycles. The highest BCUT2D eigenvalue weighted by Crippen LogP contribution is 2.46. The molecule has 5 rings (SSSR count). The molecular weight excluding hydrogens is 508 g/mol. The molecule has 1 aliphatic heterocycles. The summed E-state index contributed by atoms with van der Waals surface area (Å²) < 4.78 is 10.8. The molecule has 1 unspecified atom stereocenters. The van der Waals surface area contributed by atoms with Crippen LogP contribution < -0.4 is 14.4 Å². The topological polar surface area (TPSA) is 89.0 Å². The number of amides is 1. The van der Waals surface area contributed by atoms with Gasteiger partial charge in [0, 0.05) is 28.6 Å². The number of aromatic nitrogens is 1. The van der Waals surface area contributed by atoms with Gasteiger partial charge in [0.2, 0.25) is 5.78 Å². The summed E-state index contributed by atoms with van der Waals surface area (Å²) in [6, 6.07) is 15.8. The maximum atomic E-state index is 14.0. The number of benzene rings is 2. The number of nitrogens with zero attached hydrogens (tertiary/aromatic N) is 2. The number of aryl methyl sites for hydroxylation is 2. The fourth-order valence-electron chi connectivity index (χ4n) is 4.38. The number of carbonyl (C=O) groups excluding carboxylic acids is 2. The Balaban J connectivity index is 1.65. The zero-order chi connectivity index (χ0) is 26.3. The van der Waals surface area contributed by atoms with Gasteiger partial charge in [-0.15, -0.1) is 22.7 Å². The minimum absolute atomic E-state index is 0.0312.